The molecule has 3 rings (SSSR count). The van der Waals surface area contributed by atoms with Crippen molar-refractivity contribution >= 4 is 5.91 Å². The number of hydrogen-bond acceptors (Lipinski definition) is 3. The summed E-state index contributed by atoms with van der Waals surface area (Å²) in [6.07, 6.45) is 3.28. The molecule has 1 aromatic carbocycles. The van der Waals surface area contributed by atoms with Crippen molar-refractivity contribution in [3.63, 3.8) is 0 Å². The van der Waals surface area contributed by atoms with E-state index in [1.807, 2.05) is 0 Å². The molecule has 2 N–H and O–H groups in total. The second kappa shape index (κ2) is 7.24. The lowest BCUT2D eigenvalue weighted by molar-refractivity contribution is -0.142. The molecule has 1 saturated carbocycles. The van der Waals surface area contributed by atoms with Crippen molar-refractivity contribution in [2.45, 2.75) is 45.2 Å². The minimum absolute atomic E-state index is 0.000563. The number of piperazine rings is 1. The minimum atomic E-state index is 0.000563. The SMILES string of the molecule is CC1(C)CN(C(=O)[C@@H]2CCC[C@@H]2CN)CCN1Cc1ccccc1. The highest BCUT2D eigenvalue weighted by atomic mass is 16.2. The average molecular weight is 329 g/mol. The zero-order valence-electron chi connectivity index (χ0n) is 15.1. The van der Waals surface area contributed by atoms with E-state index < -0.39 is 0 Å². The van der Waals surface area contributed by atoms with Crippen molar-refractivity contribution in [2.24, 2.45) is 17.6 Å². The third kappa shape index (κ3) is 3.65. The third-order valence-electron chi connectivity index (χ3n) is 5.88. The van der Waals surface area contributed by atoms with Gasteiger partial charge >= 0.3 is 0 Å². The fourth-order valence-electron chi connectivity index (χ4n) is 4.35. The second-order valence-electron chi connectivity index (χ2n) is 8.01. The lowest BCUT2D eigenvalue weighted by Gasteiger charge is -2.48. The number of amides is 1. The van der Waals surface area contributed by atoms with Gasteiger partial charge < -0.3 is 10.6 Å². The molecule has 2 aliphatic rings. The minimum Gasteiger partial charge on any atom is -0.339 e. The second-order valence-corrected chi connectivity index (χ2v) is 8.01. The highest BCUT2D eigenvalue weighted by Crippen LogP contribution is 2.34. The lowest BCUT2D eigenvalue weighted by Crippen LogP contribution is -2.60. The summed E-state index contributed by atoms with van der Waals surface area (Å²) in [7, 11) is 0. The Balaban J connectivity index is 1.64. The van der Waals surface area contributed by atoms with Crippen molar-refractivity contribution in [2.75, 3.05) is 26.2 Å². The van der Waals surface area contributed by atoms with Crippen LogP contribution in [0.1, 0.15) is 38.7 Å². The van der Waals surface area contributed by atoms with Crippen LogP contribution in [0.15, 0.2) is 30.3 Å². The zero-order valence-corrected chi connectivity index (χ0v) is 15.1. The number of hydrogen-bond donors (Lipinski definition) is 1. The van der Waals surface area contributed by atoms with Gasteiger partial charge in [-0.25, -0.2) is 0 Å². The van der Waals surface area contributed by atoms with Gasteiger partial charge in [-0.2, -0.15) is 0 Å². The molecular formula is C20H31N3O. The molecule has 1 amide bonds. The lowest BCUT2D eigenvalue weighted by atomic mass is 9.92. The molecule has 0 spiro atoms. The quantitative estimate of drug-likeness (QED) is 0.923. The molecule has 24 heavy (non-hydrogen) atoms. The maximum Gasteiger partial charge on any atom is 0.226 e. The monoisotopic (exact) mass is 329 g/mol. The van der Waals surface area contributed by atoms with E-state index in [1.54, 1.807) is 0 Å². The van der Waals surface area contributed by atoms with Crippen LogP contribution in [0.5, 0.6) is 0 Å². The van der Waals surface area contributed by atoms with Gasteiger partial charge in [-0.15, -0.1) is 0 Å². The number of nitrogens with two attached hydrogens (primary N) is 1. The standard InChI is InChI=1S/C20H31N3O/c1-20(2)15-22(19(24)18-10-6-9-17(18)13-21)11-12-23(20)14-16-7-4-3-5-8-16/h3-5,7-8,17-18H,6,9-15,21H2,1-2H3/t17-,18-/m1/s1. The Morgan fingerprint density at radius 2 is 1.96 bits per heavy atom. The Morgan fingerprint density at radius 1 is 1.21 bits per heavy atom. The highest BCUT2D eigenvalue weighted by molar-refractivity contribution is 5.79. The van der Waals surface area contributed by atoms with Gasteiger partial charge in [0.1, 0.15) is 0 Å². The van der Waals surface area contributed by atoms with Gasteiger partial charge in [0.2, 0.25) is 5.91 Å². The van der Waals surface area contributed by atoms with E-state index in [-0.39, 0.29) is 11.5 Å². The van der Waals surface area contributed by atoms with E-state index in [0.717, 1.165) is 45.4 Å². The molecule has 0 radical (unpaired) electrons. The van der Waals surface area contributed by atoms with Crippen molar-refractivity contribution in [3.05, 3.63) is 35.9 Å². The summed E-state index contributed by atoms with van der Waals surface area (Å²) in [5.74, 6) is 0.893. The molecule has 1 aliphatic carbocycles. The van der Waals surface area contributed by atoms with Crippen LogP contribution in [-0.2, 0) is 11.3 Å². The Bertz CT molecular complexity index is 557. The van der Waals surface area contributed by atoms with Gasteiger partial charge in [-0.05, 0) is 44.7 Å². The van der Waals surface area contributed by atoms with Gasteiger partial charge in [0.25, 0.3) is 0 Å². The summed E-state index contributed by atoms with van der Waals surface area (Å²) < 4.78 is 0. The van der Waals surface area contributed by atoms with E-state index in [4.69, 9.17) is 5.73 Å². The summed E-state index contributed by atoms with van der Waals surface area (Å²) >= 11 is 0. The summed E-state index contributed by atoms with van der Waals surface area (Å²) in [5, 5.41) is 0. The molecule has 132 valence electrons. The number of nitrogens with zero attached hydrogens (tertiary/aromatic N) is 2. The van der Waals surface area contributed by atoms with Crippen LogP contribution in [-0.4, -0.2) is 47.4 Å². The number of rotatable bonds is 4. The molecule has 4 nitrogen and oxygen atoms in total. The van der Waals surface area contributed by atoms with Crippen molar-refractivity contribution in [1.29, 1.82) is 0 Å². The maximum absolute atomic E-state index is 13.0. The predicted octanol–water partition coefficient (Wildman–Crippen LogP) is 2.48. The summed E-state index contributed by atoms with van der Waals surface area (Å²) in [5.41, 5.74) is 7.21. The van der Waals surface area contributed by atoms with Crippen molar-refractivity contribution in [1.82, 2.24) is 9.80 Å². The first-order chi connectivity index (χ1) is 11.5. The van der Waals surface area contributed by atoms with Gasteiger partial charge in [0, 0.05) is 37.6 Å². The summed E-state index contributed by atoms with van der Waals surface area (Å²) in [6, 6.07) is 10.6. The average Bonchev–Trinajstić information content (AvgIpc) is 3.05. The fourth-order valence-corrected chi connectivity index (χ4v) is 4.35. The number of benzene rings is 1. The van der Waals surface area contributed by atoms with Crippen LogP contribution in [0.2, 0.25) is 0 Å². The Kier molecular flexibility index (Phi) is 5.26. The maximum atomic E-state index is 13.0. The Hall–Kier alpha value is -1.39. The fraction of sp³-hybridized carbons (Fsp3) is 0.650. The van der Waals surface area contributed by atoms with Crippen LogP contribution >= 0.6 is 0 Å². The van der Waals surface area contributed by atoms with E-state index in [9.17, 15) is 4.79 Å². The van der Waals surface area contributed by atoms with Crippen LogP contribution in [0, 0.1) is 11.8 Å². The smallest absolute Gasteiger partial charge is 0.226 e. The van der Waals surface area contributed by atoms with E-state index in [2.05, 4.69) is 54.0 Å². The Labute approximate surface area is 146 Å². The molecule has 1 saturated heterocycles. The summed E-state index contributed by atoms with van der Waals surface area (Å²) in [4.78, 5) is 17.6. The van der Waals surface area contributed by atoms with Gasteiger partial charge in [0.15, 0.2) is 0 Å². The first-order valence-corrected chi connectivity index (χ1v) is 9.29. The molecule has 0 unspecified atom stereocenters. The number of carbonyl (C=O) groups excluding carboxylic acids is 1. The van der Waals surface area contributed by atoms with E-state index >= 15 is 0 Å². The molecule has 0 aromatic heterocycles. The molecule has 1 aliphatic heterocycles. The van der Waals surface area contributed by atoms with Crippen LogP contribution in [0.25, 0.3) is 0 Å². The Morgan fingerprint density at radius 3 is 2.62 bits per heavy atom. The number of carbonyl (C=O) groups is 1. The largest absolute Gasteiger partial charge is 0.339 e. The van der Waals surface area contributed by atoms with Gasteiger partial charge in [-0.1, -0.05) is 36.8 Å². The zero-order chi connectivity index (χ0) is 17.2. The topological polar surface area (TPSA) is 49.6 Å². The van der Waals surface area contributed by atoms with E-state index in [1.165, 1.54) is 5.56 Å². The third-order valence-corrected chi connectivity index (χ3v) is 5.88. The molecule has 2 atom stereocenters. The van der Waals surface area contributed by atoms with Crippen molar-refractivity contribution < 1.29 is 4.79 Å². The van der Waals surface area contributed by atoms with Crippen molar-refractivity contribution in [3.8, 4) is 0 Å². The van der Waals surface area contributed by atoms with Gasteiger partial charge in [-0.3, -0.25) is 9.69 Å². The first-order valence-electron chi connectivity index (χ1n) is 9.29. The molecule has 0 bridgehead atoms. The molecule has 1 aromatic rings. The highest BCUT2D eigenvalue weighted by Gasteiger charge is 2.40. The van der Waals surface area contributed by atoms with Gasteiger partial charge in [0.05, 0.1) is 0 Å². The van der Waals surface area contributed by atoms with Crippen LogP contribution < -0.4 is 5.73 Å². The molecule has 1 heterocycles. The van der Waals surface area contributed by atoms with E-state index in [0.29, 0.717) is 18.4 Å². The molecular weight excluding hydrogens is 298 g/mol. The summed E-state index contributed by atoms with van der Waals surface area (Å²) in [6.45, 7) is 8.69. The van der Waals surface area contributed by atoms with Crippen LogP contribution in [0.3, 0.4) is 0 Å². The molecule has 2 fully saturated rings. The normalized spacial score (nSPS) is 27.4. The first kappa shape index (κ1) is 17.4. The molecule has 4 heteroatoms. The predicted molar refractivity (Wildman–Crippen MR) is 97.4 cm³/mol. The van der Waals surface area contributed by atoms with Crippen LogP contribution in [0.4, 0.5) is 0 Å².